The average Bonchev–Trinajstić information content (AvgIpc) is 3.01. The van der Waals surface area contributed by atoms with Gasteiger partial charge in [0.1, 0.15) is 11.4 Å². The summed E-state index contributed by atoms with van der Waals surface area (Å²) >= 11 is 0. The molecule has 156 valence electrons. The van der Waals surface area contributed by atoms with Gasteiger partial charge in [-0.05, 0) is 23.8 Å². The monoisotopic (exact) mass is 420 g/mol. The van der Waals surface area contributed by atoms with Crippen LogP contribution in [-0.4, -0.2) is 23.8 Å². The van der Waals surface area contributed by atoms with Crippen LogP contribution in [0.2, 0.25) is 0 Å². The van der Waals surface area contributed by atoms with Crippen LogP contribution < -0.4 is 10.1 Å². The van der Waals surface area contributed by atoms with E-state index >= 15 is 0 Å². The number of carbonyl (C=O) groups excluding carboxylic acids is 2. The van der Waals surface area contributed by atoms with Gasteiger partial charge in [-0.3, -0.25) is 14.5 Å². The third kappa shape index (κ3) is 3.90. The minimum atomic E-state index is -1.07. The fraction of sp³-hybridized carbons (Fsp3) is 0.0833. The minimum Gasteiger partial charge on any atom is -0.496 e. The molecular weight excluding hydrogens is 402 g/mol. The number of carbonyl (C=O) groups is 2. The smallest absolute Gasteiger partial charge is 0.278 e. The molecule has 31 heavy (non-hydrogen) atoms. The molecule has 0 bridgehead atoms. The fourth-order valence-corrected chi connectivity index (χ4v) is 3.42. The summed E-state index contributed by atoms with van der Waals surface area (Å²) in [6, 6.07) is 19.1. The Morgan fingerprint density at radius 2 is 1.58 bits per heavy atom. The largest absolute Gasteiger partial charge is 0.496 e. The molecule has 1 aliphatic rings. The van der Waals surface area contributed by atoms with E-state index in [-0.39, 0.29) is 23.5 Å². The highest BCUT2D eigenvalue weighted by molar-refractivity contribution is 6.36. The van der Waals surface area contributed by atoms with Crippen molar-refractivity contribution in [3.8, 4) is 5.75 Å². The second-order valence-corrected chi connectivity index (χ2v) is 6.89. The maximum absolute atomic E-state index is 13.7. The maximum Gasteiger partial charge on any atom is 0.278 e. The van der Waals surface area contributed by atoms with Gasteiger partial charge in [-0.25, -0.2) is 8.78 Å². The maximum atomic E-state index is 13.7. The third-order valence-corrected chi connectivity index (χ3v) is 4.92. The number of ether oxygens (including phenoxy) is 1. The van der Waals surface area contributed by atoms with Crippen molar-refractivity contribution in [3.63, 3.8) is 0 Å². The van der Waals surface area contributed by atoms with Crippen molar-refractivity contribution in [2.45, 2.75) is 6.54 Å². The lowest BCUT2D eigenvalue weighted by atomic mass is 10.0. The third-order valence-electron chi connectivity index (χ3n) is 4.92. The van der Waals surface area contributed by atoms with Crippen molar-refractivity contribution >= 4 is 23.1 Å². The number of hydrogen-bond acceptors (Lipinski definition) is 4. The van der Waals surface area contributed by atoms with Gasteiger partial charge in [0, 0.05) is 17.3 Å². The minimum absolute atomic E-state index is 0.0311. The highest BCUT2D eigenvalue weighted by atomic mass is 19.2. The van der Waals surface area contributed by atoms with Gasteiger partial charge in [0.15, 0.2) is 11.6 Å². The first-order chi connectivity index (χ1) is 15.0. The SMILES string of the molecule is COc1ccccc1C1=C(Nc2ccc(F)c(F)c2)C(=O)N(Cc2ccccc2)C1=O. The molecule has 0 radical (unpaired) electrons. The van der Waals surface area contributed by atoms with Crippen molar-refractivity contribution in [1.82, 2.24) is 4.90 Å². The summed E-state index contributed by atoms with van der Waals surface area (Å²) < 4.78 is 32.4. The highest BCUT2D eigenvalue weighted by Crippen LogP contribution is 2.36. The number of para-hydroxylation sites is 1. The predicted octanol–water partition coefficient (Wildman–Crippen LogP) is 4.37. The van der Waals surface area contributed by atoms with E-state index < -0.39 is 23.4 Å². The number of benzene rings is 3. The first kappa shape index (κ1) is 20.3. The van der Waals surface area contributed by atoms with Gasteiger partial charge < -0.3 is 10.1 Å². The standard InChI is InChI=1S/C24H18F2N2O3/c1-31-20-10-6-5-9-17(20)21-22(27-16-11-12-18(25)19(26)13-16)24(30)28(23(21)29)14-15-7-3-2-4-8-15/h2-13,27H,14H2,1H3. The van der Waals surface area contributed by atoms with Gasteiger partial charge in [-0.2, -0.15) is 0 Å². The molecule has 0 atom stereocenters. The number of anilines is 1. The van der Waals surface area contributed by atoms with Gasteiger partial charge >= 0.3 is 0 Å². The predicted molar refractivity (Wildman–Crippen MR) is 112 cm³/mol. The van der Waals surface area contributed by atoms with Gasteiger partial charge in [0.25, 0.3) is 11.8 Å². The van der Waals surface area contributed by atoms with E-state index in [0.29, 0.717) is 11.3 Å². The van der Waals surface area contributed by atoms with Crippen molar-refractivity contribution in [2.24, 2.45) is 0 Å². The first-order valence-electron chi connectivity index (χ1n) is 9.49. The van der Waals surface area contributed by atoms with Crippen LogP contribution in [-0.2, 0) is 16.1 Å². The van der Waals surface area contributed by atoms with E-state index in [1.54, 1.807) is 24.3 Å². The topological polar surface area (TPSA) is 58.6 Å². The summed E-state index contributed by atoms with van der Waals surface area (Å²) in [6.45, 7) is 0.0696. The lowest BCUT2D eigenvalue weighted by Gasteiger charge is -2.15. The molecule has 3 aromatic rings. The molecule has 0 aromatic heterocycles. The van der Waals surface area contributed by atoms with Crippen molar-refractivity contribution in [2.75, 3.05) is 12.4 Å². The molecule has 0 saturated carbocycles. The Labute approximate surface area is 177 Å². The van der Waals surface area contributed by atoms with Gasteiger partial charge in [0.2, 0.25) is 0 Å². The molecule has 3 aromatic carbocycles. The lowest BCUT2D eigenvalue weighted by Crippen LogP contribution is -2.32. The van der Waals surface area contributed by atoms with Gasteiger partial charge in [-0.1, -0.05) is 48.5 Å². The summed E-state index contributed by atoms with van der Waals surface area (Å²) in [7, 11) is 1.46. The normalized spacial score (nSPS) is 13.7. The Kier molecular flexibility index (Phi) is 5.49. The Bertz CT molecular complexity index is 1190. The zero-order chi connectivity index (χ0) is 22.0. The van der Waals surface area contributed by atoms with Crippen LogP contribution in [0.5, 0.6) is 5.75 Å². The highest BCUT2D eigenvalue weighted by Gasteiger charge is 2.40. The van der Waals surface area contributed by atoms with Gasteiger partial charge in [0.05, 0.1) is 19.2 Å². The second kappa shape index (κ2) is 8.39. The molecule has 0 saturated heterocycles. The number of imide groups is 1. The zero-order valence-corrected chi connectivity index (χ0v) is 16.6. The van der Waals surface area contributed by atoms with E-state index in [0.717, 1.165) is 22.6 Å². The summed E-state index contributed by atoms with van der Waals surface area (Å²) in [5.41, 5.74) is 1.41. The summed E-state index contributed by atoms with van der Waals surface area (Å²) in [4.78, 5) is 27.7. The average molecular weight is 420 g/mol. The Balaban J connectivity index is 1.79. The molecule has 0 spiro atoms. The van der Waals surface area contributed by atoms with E-state index in [4.69, 9.17) is 4.74 Å². The molecule has 4 rings (SSSR count). The number of nitrogens with one attached hydrogen (secondary N) is 1. The summed E-state index contributed by atoms with van der Waals surface area (Å²) in [6.07, 6.45) is 0. The molecular formula is C24H18F2N2O3. The van der Waals surface area contributed by atoms with Crippen LogP contribution in [0.25, 0.3) is 5.57 Å². The lowest BCUT2D eigenvalue weighted by molar-refractivity contribution is -0.137. The fourth-order valence-electron chi connectivity index (χ4n) is 3.42. The van der Waals surface area contributed by atoms with E-state index in [9.17, 15) is 18.4 Å². The second-order valence-electron chi connectivity index (χ2n) is 6.89. The van der Waals surface area contributed by atoms with Crippen LogP contribution in [0.15, 0.2) is 78.5 Å². The summed E-state index contributed by atoms with van der Waals surface area (Å²) in [5.74, 6) is -2.75. The van der Waals surface area contributed by atoms with E-state index in [2.05, 4.69) is 5.32 Å². The molecule has 1 aliphatic heterocycles. The Morgan fingerprint density at radius 3 is 2.29 bits per heavy atom. The first-order valence-corrected chi connectivity index (χ1v) is 9.49. The van der Waals surface area contributed by atoms with Crippen molar-refractivity contribution in [1.29, 1.82) is 0 Å². The number of amides is 2. The quantitative estimate of drug-likeness (QED) is 0.602. The Hall–Kier alpha value is -4.00. The van der Waals surface area contributed by atoms with Crippen molar-refractivity contribution < 1.29 is 23.1 Å². The van der Waals surface area contributed by atoms with Crippen LogP contribution in [0, 0.1) is 11.6 Å². The number of hydrogen-bond donors (Lipinski definition) is 1. The van der Waals surface area contributed by atoms with Gasteiger partial charge in [-0.15, -0.1) is 0 Å². The molecule has 0 fully saturated rings. The molecule has 1 heterocycles. The molecule has 2 amide bonds. The summed E-state index contributed by atoms with van der Waals surface area (Å²) in [5, 5.41) is 2.81. The molecule has 1 N–H and O–H groups in total. The van der Waals surface area contributed by atoms with Crippen LogP contribution in [0.4, 0.5) is 14.5 Å². The van der Waals surface area contributed by atoms with Crippen molar-refractivity contribution in [3.05, 3.63) is 101 Å². The number of nitrogens with zero attached hydrogens (tertiary/aromatic N) is 1. The molecule has 0 unspecified atom stereocenters. The zero-order valence-electron chi connectivity index (χ0n) is 16.6. The van der Waals surface area contributed by atoms with E-state index in [1.807, 2.05) is 30.3 Å². The molecule has 5 nitrogen and oxygen atoms in total. The molecule has 7 heteroatoms. The number of halogens is 2. The Morgan fingerprint density at radius 1 is 0.871 bits per heavy atom. The van der Waals surface area contributed by atoms with Crippen LogP contribution in [0.3, 0.4) is 0 Å². The number of methoxy groups -OCH3 is 1. The van der Waals surface area contributed by atoms with E-state index in [1.165, 1.54) is 13.2 Å². The number of rotatable bonds is 6. The van der Waals surface area contributed by atoms with Crippen LogP contribution >= 0.6 is 0 Å². The van der Waals surface area contributed by atoms with Crippen LogP contribution in [0.1, 0.15) is 11.1 Å². The molecule has 0 aliphatic carbocycles.